The molecule has 0 aromatic heterocycles. The minimum atomic E-state index is -0.0206. The summed E-state index contributed by atoms with van der Waals surface area (Å²) in [7, 11) is 2.02. The van der Waals surface area contributed by atoms with E-state index in [1.165, 1.54) is 16.7 Å². The quantitative estimate of drug-likeness (QED) is 0.675. The number of benzene rings is 2. The first-order valence-corrected chi connectivity index (χ1v) is 8.65. The Balaban J connectivity index is 2.51. The fraction of sp³-hybridized carbons (Fsp3) is 0.333. The van der Waals surface area contributed by atoms with Gasteiger partial charge in [-0.1, -0.05) is 76.0 Å². The first-order valence-electron chi connectivity index (χ1n) is 7.06. The van der Waals surface area contributed by atoms with Gasteiger partial charge in [-0.3, -0.25) is 0 Å². The maximum absolute atomic E-state index is 3.73. The minimum Gasteiger partial charge on any atom is -0.312 e. The molecule has 0 aliphatic rings. The molecule has 2 aromatic carbocycles. The molecule has 0 aliphatic heterocycles. The van der Waals surface area contributed by atoms with Crippen LogP contribution < -0.4 is 5.32 Å². The standard InChI is InChI=1S/C18H21Br2N/c1-12-10-16(20)14(11-15(12)19)17(21-4)18(2,3)13-8-6-5-7-9-13/h5-11,17,21H,1-4H3. The van der Waals surface area contributed by atoms with E-state index < -0.39 is 0 Å². The molecule has 0 spiro atoms. The molecule has 0 heterocycles. The monoisotopic (exact) mass is 409 g/mol. The second-order valence-corrected chi connectivity index (χ2v) is 7.64. The fourth-order valence-electron chi connectivity index (χ4n) is 2.82. The van der Waals surface area contributed by atoms with Crippen LogP contribution >= 0.6 is 31.9 Å². The van der Waals surface area contributed by atoms with Crippen LogP contribution in [-0.4, -0.2) is 7.05 Å². The van der Waals surface area contributed by atoms with Crippen molar-refractivity contribution in [1.82, 2.24) is 5.32 Å². The van der Waals surface area contributed by atoms with Crippen LogP contribution in [0.4, 0.5) is 0 Å². The van der Waals surface area contributed by atoms with E-state index in [-0.39, 0.29) is 11.5 Å². The number of nitrogens with one attached hydrogen (secondary N) is 1. The molecule has 0 aliphatic carbocycles. The molecule has 0 fully saturated rings. The van der Waals surface area contributed by atoms with Gasteiger partial charge in [-0.05, 0) is 42.8 Å². The summed E-state index contributed by atoms with van der Waals surface area (Å²) < 4.78 is 2.29. The van der Waals surface area contributed by atoms with Crippen LogP contribution in [0.15, 0.2) is 51.4 Å². The molecule has 0 saturated carbocycles. The Kier molecular flexibility index (Phi) is 5.29. The van der Waals surface area contributed by atoms with Gasteiger partial charge >= 0.3 is 0 Å². The third kappa shape index (κ3) is 3.41. The Bertz CT molecular complexity index is 621. The zero-order valence-electron chi connectivity index (χ0n) is 12.9. The summed E-state index contributed by atoms with van der Waals surface area (Å²) in [6.07, 6.45) is 0. The molecule has 2 aromatic rings. The third-order valence-corrected chi connectivity index (χ3v) is 5.66. The lowest BCUT2D eigenvalue weighted by Gasteiger charge is -2.36. The molecule has 0 radical (unpaired) electrons. The van der Waals surface area contributed by atoms with Crippen molar-refractivity contribution in [2.24, 2.45) is 0 Å². The predicted octanol–water partition coefficient (Wildman–Crippen LogP) is 5.76. The van der Waals surface area contributed by atoms with Crippen LogP contribution in [0.1, 0.15) is 36.6 Å². The van der Waals surface area contributed by atoms with Gasteiger partial charge in [0, 0.05) is 20.4 Å². The zero-order valence-corrected chi connectivity index (χ0v) is 16.0. The van der Waals surface area contributed by atoms with Gasteiger partial charge in [-0.25, -0.2) is 0 Å². The first-order chi connectivity index (χ1) is 9.87. The van der Waals surface area contributed by atoms with E-state index in [2.05, 4.69) is 100 Å². The SMILES string of the molecule is CNC(c1cc(Br)c(C)cc1Br)C(C)(C)c1ccccc1. The average Bonchev–Trinajstić information content (AvgIpc) is 2.46. The number of hydrogen-bond acceptors (Lipinski definition) is 1. The molecule has 3 heteroatoms. The fourth-order valence-corrected chi connectivity index (χ4v) is 3.87. The molecule has 0 bridgehead atoms. The summed E-state index contributed by atoms with van der Waals surface area (Å²) in [4.78, 5) is 0. The van der Waals surface area contributed by atoms with Gasteiger partial charge in [0.05, 0.1) is 0 Å². The Hall–Kier alpha value is -0.640. The van der Waals surface area contributed by atoms with Crippen LogP contribution in [0.2, 0.25) is 0 Å². The predicted molar refractivity (Wildman–Crippen MR) is 97.8 cm³/mol. The number of rotatable bonds is 4. The van der Waals surface area contributed by atoms with E-state index in [1.807, 2.05) is 7.05 Å². The summed E-state index contributed by atoms with van der Waals surface area (Å²) in [5.74, 6) is 0. The lowest BCUT2D eigenvalue weighted by molar-refractivity contribution is 0.367. The number of aryl methyl sites for hydroxylation is 1. The first kappa shape index (κ1) is 16.7. The number of halogens is 2. The maximum atomic E-state index is 3.73. The zero-order chi connectivity index (χ0) is 15.6. The summed E-state index contributed by atoms with van der Waals surface area (Å²) in [6, 6.07) is 15.3. The van der Waals surface area contributed by atoms with Crippen molar-refractivity contribution >= 4 is 31.9 Å². The van der Waals surface area contributed by atoms with Crippen molar-refractivity contribution in [2.45, 2.75) is 32.2 Å². The minimum absolute atomic E-state index is 0.0206. The van der Waals surface area contributed by atoms with Crippen molar-refractivity contribution in [1.29, 1.82) is 0 Å². The number of likely N-dealkylation sites (N-methyl/N-ethyl adjacent to an activating group) is 1. The highest BCUT2D eigenvalue weighted by atomic mass is 79.9. The molecule has 112 valence electrons. The van der Waals surface area contributed by atoms with Gasteiger partial charge in [0.1, 0.15) is 0 Å². The molecule has 21 heavy (non-hydrogen) atoms. The molecule has 1 unspecified atom stereocenters. The van der Waals surface area contributed by atoms with Gasteiger partial charge in [0.25, 0.3) is 0 Å². The summed E-state index contributed by atoms with van der Waals surface area (Å²) >= 11 is 7.38. The average molecular weight is 411 g/mol. The molecule has 1 N–H and O–H groups in total. The highest BCUT2D eigenvalue weighted by Gasteiger charge is 2.32. The third-order valence-electron chi connectivity index (χ3n) is 4.12. The Morgan fingerprint density at radius 1 is 1.00 bits per heavy atom. The lowest BCUT2D eigenvalue weighted by Crippen LogP contribution is -2.35. The van der Waals surface area contributed by atoms with Crippen molar-refractivity contribution in [3.05, 3.63) is 68.1 Å². The normalized spacial score (nSPS) is 13.2. The van der Waals surface area contributed by atoms with E-state index in [4.69, 9.17) is 0 Å². The topological polar surface area (TPSA) is 12.0 Å². The highest BCUT2D eigenvalue weighted by molar-refractivity contribution is 9.11. The van der Waals surface area contributed by atoms with Crippen molar-refractivity contribution < 1.29 is 0 Å². The van der Waals surface area contributed by atoms with Crippen molar-refractivity contribution in [3.8, 4) is 0 Å². The molecule has 0 saturated heterocycles. The van der Waals surface area contributed by atoms with E-state index in [0.29, 0.717) is 0 Å². The largest absolute Gasteiger partial charge is 0.312 e. The van der Waals surface area contributed by atoms with Crippen LogP contribution in [0, 0.1) is 6.92 Å². The Morgan fingerprint density at radius 2 is 1.62 bits per heavy atom. The van der Waals surface area contributed by atoms with E-state index in [0.717, 1.165) is 8.95 Å². The van der Waals surface area contributed by atoms with Crippen LogP contribution in [-0.2, 0) is 5.41 Å². The van der Waals surface area contributed by atoms with Crippen LogP contribution in [0.25, 0.3) is 0 Å². The van der Waals surface area contributed by atoms with Crippen molar-refractivity contribution in [3.63, 3.8) is 0 Å². The Labute approximate surface area is 144 Å². The molecule has 1 atom stereocenters. The summed E-state index contributed by atoms with van der Waals surface area (Å²) in [5, 5.41) is 3.49. The number of hydrogen-bond donors (Lipinski definition) is 1. The van der Waals surface area contributed by atoms with Gasteiger partial charge in [0.2, 0.25) is 0 Å². The molecule has 0 amide bonds. The highest BCUT2D eigenvalue weighted by Crippen LogP contribution is 2.40. The van der Waals surface area contributed by atoms with E-state index in [1.54, 1.807) is 0 Å². The van der Waals surface area contributed by atoms with Gasteiger partial charge in [-0.15, -0.1) is 0 Å². The van der Waals surface area contributed by atoms with Crippen molar-refractivity contribution in [2.75, 3.05) is 7.05 Å². The molecular weight excluding hydrogens is 390 g/mol. The second kappa shape index (κ2) is 6.64. The molecular formula is C18H21Br2N. The van der Waals surface area contributed by atoms with Gasteiger partial charge in [0.15, 0.2) is 0 Å². The van der Waals surface area contributed by atoms with Gasteiger partial charge < -0.3 is 5.32 Å². The van der Waals surface area contributed by atoms with Crippen LogP contribution in [0.5, 0.6) is 0 Å². The van der Waals surface area contributed by atoms with E-state index >= 15 is 0 Å². The molecule has 2 rings (SSSR count). The maximum Gasteiger partial charge on any atom is 0.0422 e. The molecule has 1 nitrogen and oxygen atoms in total. The van der Waals surface area contributed by atoms with E-state index in [9.17, 15) is 0 Å². The van der Waals surface area contributed by atoms with Gasteiger partial charge in [-0.2, -0.15) is 0 Å². The lowest BCUT2D eigenvalue weighted by atomic mass is 9.75. The second-order valence-electron chi connectivity index (χ2n) is 5.93. The Morgan fingerprint density at radius 3 is 2.19 bits per heavy atom. The summed E-state index contributed by atoms with van der Waals surface area (Å²) in [5.41, 5.74) is 3.81. The van der Waals surface area contributed by atoms with Crippen LogP contribution in [0.3, 0.4) is 0 Å². The summed E-state index contributed by atoms with van der Waals surface area (Å²) in [6.45, 7) is 6.67. The smallest absolute Gasteiger partial charge is 0.0422 e.